The topological polar surface area (TPSA) is 26.5 Å². The van der Waals surface area contributed by atoms with Gasteiger partial charge in [-0.1, -0.05) is 34.8 Å². The Bertz CT molecular complexity index is 166. The lowest BCUT2D eigenvalue weighted by Crippen LogP contribution is -1.80. The third-order valence-corrected chi connectivity index (χ3v) is 1.67. The van der Waals surface area contributed by atoms with E-state index in [4.69, 9.17) is 34.8 Å². The normalized spacial score (nSPS) is 18.6. The predicted molar refractivity (Wildman–Crippen MR) is 34.2 cm³/mol. The molecule has 0 atom stereocenters. The van der Waals surface area contributed by atoms with Gasteiger partial charge in [0.15, 0.2) is 10.3 Å². The van der Waals surface area contributed by atoms with Crippen molar-refractivity contribution >= 4 is 40.0 Å². The van der Waals surface area contributed by atoms with Crippen LogP contribution in [0.1, 0.15) is 0 Å². The van der Waals surface area contributed by atoms with Gasteiger partial charge < -0.3 is 0 Å². The number of nitrogens with zero attached hydrogens (tertiary/aromatic N) is 2. The maximum Gasteiger partial charge on any atom is 0.173 e. The first-order valence-corrected chi connectivity index (χ1v) is 2.85. The summed E-state index contributed by atoms with van der Waals surface area (Å²) in [7, 11) is 0. The number of allylic oxidation sites excluding steroid dienone is 1. The fourth-order valence-corrected chi connectivity index (χ4v) is 0.639. The van der Waals surface area contributed by atoms with Crippen LogP contribution in [0.3, 0.4) is 0 Å². The number of hydrogen-bond acceptors (Lipinski definition) is 1. The minimum Gasteiger partial charge on any atom is -0.135 e. The molecule has 0 aliphatic carbocycles. The molecule has 0 saturated heterocycles. The van der Waals surface area contributed by atoms with E-state index >= 15 is 0 Å². The summed E-state index contributed by atoms with van der Waals surface area (Å²) in [6, 6.07) is 0. The molecule has 1 radical (unpaired) electrons. The highest BCUT2D eigenvalue weighted by atomic mass is 35.5. The van der Waals surface area contributed by atoms with Gasteiger partial charge in [-0.2, -0.15) is 0 Å². The summed E-state index contributed by atoms with van der Waals surface area (Å²) in [5.41, 5.74) is 3.37. The molecular formula is C3Cl3N2. The molecule has 0 aromatic heterocycles. The number of rotatable bonds is 0. The van der Waals surface area contributed by atoms with E-state index < -0.39 is 0 Å². The highest BCUT2D eigenvalue weighted by molar-refractivity contribution is 6.77. The summed E-state index contributed by atoms with van der Waals surface area (Å²) in [6.45, 7) is 0. The first-order valence-electron chi connectivity index (χ1n) is 1.71. The van der Waals surface area contributed by atoms with E-state index in [2.05, 4.69) is 10.5 Å². The predicted octanol–water partition coefficient (Wildman–Crippen LogP) is 1.80. The van der Waals surface area contributed by atoms with E-state index in [1.165, 1.54) is 0 Å². The zero-order valence-corrected chi connectivity index (χ0v) is 5.80. The summed E-state index contributed by atoms with van der Waals surface area (Å²) in [6.07, 6.45) is 0. The Balaban J connectivity index is 2.88. The Morgan fingerprint density at radius 2 is 1.75 bits per heavy atom. The van der Waals surface area contributed by atoms with Crippen LogP contribution in [0.4, 0.5) is 0 Å². The Labute approximate surface area is 61.1 Å². The zero-order chi connectivity index (χ0) is 6.15. The summed E-state index contributed by atoms with van der Waals surface area (Å²) in [4.78, 5) is 0. The second-order valence-corrected chi connectivity index (χ2v) is 2.19. The van der Waals surface area contributed by atoms with Crippen molar-refractivity contribution in [3.05, 3.63) is 10.2 Å². The molecule has 1 aliphatic rings. The van der Waals surface area contributed by atoms with E-state index in [9.17, 15) is 0 Å². The molecular weight excluding hydrogens is 170 g/mol. The minimum atomic E-state index is 0.150. The van der Waals surface area contributed by atoms with Crippen LogP contribution in [-0.4, -0.2) is 5.17 Å². The van der Waals surface area contributed by atoms with Crippen LogP contribution in [0.25, 0.3) is 0 Å². The molecule has 43 valence electrons. The van der Waals surface area contributed by atoms with Crippen LogP contribution in [0.5, 0.6) is 0 Å². The molecule has 2 nitrogen and oxygen atoms in total. The fraction of sp³-hybridized carbons (Fsp3) is 0. The quantitative estimate of drug-likeness (QED) is 0.496. The molecule has 0 amide bonds. The highest BCUT2D eigenvalue weighted by Gasteiger charge is 2.14. The Hall–Kier alpha value is 0.0800. The van der Waals surface area contributed by atoms with Gasteiger partial charge in [0.1, 0.15) is 5.03 Å². The van der Waals surface area contributed by atoms with Crippen LogP contribution in [0, 0.1) is 0 Å². The standard InChI is InChI=1S/C3Cl3N2/c4-1-2(5)7-8-3(1)6. The smallest absolute Gasteiger partial charge is 0.135 e. The van der Waals surface area contributed by atoms with Gasteiger partial charge in [-0.3, -0.25) is 0 Å². The maximum absolute atomic E-state index is 5.40. The first-order chi connectivity index (χ1) is 3.72. The van der Waals surface area contributed by atoms with Crippen molar-refractivity contribution in [1.29, 1.82) is 0 Å². The molecule has 0 spiro atoms. The van der Waals surface area contributed by atoms with E-state index in [0.29, 0.717) is 0 Å². The lowest BCUT2D eigenvalue weighted by molar-refractivity contribution is 0.953. The van der Waals surface area contributed by atoms with Gasteiger partial charge in [0.05, 0.1) is 0 Å². The number of halogens is 3. The molecule has 0 fully saturated rings. The third kappa shape index (κ3) is 0.917. The molecule has 8 heavy (non-hydrogen) atoms. The van der Waals surface area contributed by atoms with E-state index in [0.717, 1.165) is 0 Å². The Morgan fingerprint density at radius 3 is 1.88 bits per heavy atom. The summed E-state index contributed by atoms with van der Waals surface area (Å²) in [5.74, 6) is 0. The molecule has 1 rings (SSSR count). The molecule has 5 heteroatoms. The third-order valence-electron chi connectivity index (χ3n) is 0.588. The molecule has 0 aromatic rings. The van der Waals surface area contributed by atoms with Crippen LogP contribution in [0.2, 0.25) is 0 Å². The number of hydrogen-bond donors (Lipinski definition) is 0. The van der Waals surface area contributed by atoms with E-state index in [1.54, 1.807) is 0 Å². The van der Waals surface area contributed by atoms with Crippen molar-refractivity contribution in [2.75, 3.05) is 0 Å². The lowest BCUT2D eigenvalue weighted by atomic mass is 10.7. The SMILES string of the molecule is ClC1=N[N]C(Cl)=C1Cl. The first kappa shape index (κ1) is 6.20. The van der Waals surface area contributed by atoms with Crippen LogP contribution in [0.15, 0.2) is 15.3 Å². The summed E-state index contributed by atoms with van der Waals surface area (Å²) in [5, 5.41) is 3.88. The lowest BCUT2D eigenvalue weighted by Gasteiger charge is -1.80. The van der Waals surface area contributed by atoms with Gasteiger partial charge in [0.2, 0.25) is 0 Å². The summed E-state index contributed by atoms with van der Waals surface area (Å²) >= 11 is 16.1. The van der Waals surface area contributed by atoms with Gasteiger partial charge in [0, 0.05) is 0 Å². The zero-order valence-electron chi connectivity index (χ0n) is 3.53. The molecule has 0 saturated carbocycles. The van der Waals surface area contributed by atoms with Crippen molar-refractivity contribution < 1.29 is 0 Å². The summed E-state index contributed by atoms with van der Waals surface area (Å²) < 4.78 is 0. The van der Waals surface area contributed by atoms with Crippen LogP contribution in [-0.2, 0) is 0 Å². The van der Waals surface area contributed by atoms with Crippen molar-refractivity contribution in [3.8, 4) is 0 Å². The van der Waals surface area contributed by atoms with Crippen molar-refractivity contribution in [2.45, 2.75) is 0 Å². The van der Waals surface area contributed by atoms with Gasteiger partial charge in [0.25, 0.3) is 0 Å². The van der Waals surface area contributed by atoms with Crippen molar-refractivity contribution in [2.24, 2.45) is 5.10 Å². The van der Waals surface area contributed by atoms with Crippen molar-refractivity contribution in [3.63, 3.8) is 0 Å². The monoisotopic (exact) mass is 169 g/mol. The average Bonchev–Trinajstić information content (AvgIpc) is 1.98. The molecule has 0 aromatic carbocycles. The van der Waals surface area contributed by atoms with Gasteiger partial charge in [-0.05, 0) is 0 Å². The molecule has 1 aliphatic heterocycles. The Morgan fingerprint density at radius 1 is 1.12 bits per heavy atom. The second-order valence-electron chi connectivity index (χ2n) is 1.10. The highest BCUT2D eigenvalue weighted by Crippen LogP contribution is 2.21. The van der Waals surface area contributed by atoms with Gasteiger partial charge >= 0.3 is 0 Å². The molecule has 0 unspecified atom stereocenters. The van der Waals surface area contributed by atoms with Crippen molar-refractivity contribution in [1.82, 2.24) is 5.43 Å². The van der Waals surface area contributed by atoms with E-state index in [-0.39, 0.29) is 15.4 Å². The maximum atomic E-state index is 5.40. The van der Waals surface area contributed by atoms with Crippen LogP contribution < -0.4 is 5.43 Å². The average molecular weight is 170 g/mol. The largest absolute Gasteiger partial charge is 0.173 e. The Kier molecular flexibility index (Phi) is 1.65. The minimum absolute atomic E-state index is 0.150. The van der Waals surface area contributed by atoms with E-state index in [1.807, 2.05) is 0 Å². The second kappa shape index (κ2) is 2.13. The fourth-order valence-electron chi connectivity index (χ4n) is 0.261. The molecule has 0 bridgehead atoms. The molecule has 1 heterocycles. The van der Waals surface area contributed by atoms with Gasteiger partial charge in [-0.25, -0.2) is 0 Å². The molecule has 0 N–H and O–H groups in total. The van der Waals surface area contributed by atoms with Crippen LogP contribution >= 0.6 is 34.8 Å². The van der Waals surface area contributed by atoms with Gasteiger partial charge in [-0.15, -0.1) is 10.5 Å².